The van der Waals surface area contributed by atoms with E-state index in [4.69, 9.17) is 0 Å². The molecule has 0 bridgehead atoms. The van der Waals surface area contributed by atoms with Crippen LogP contribution in [-0.4, -0.2) is 12.8 Å². The van der Waals surface area contributed by atoms with E-state index >= 15 is 4.79 Å². The predicted octanol–water partition coefficient (Wildman–Crippen LogP) is 10.3. The van der Waals surface area contributed by atoms with Crippen molar-refractivity contribution < 1.29 is 4.79 Å². The lowest BCUT2D eigenvalue weighted by Crippen LogP contribution is -2.45. The quantitative estimate of drug-likeness (QED) is 0.177. The van der Waals surface area contributed by atoms with Crippen molar-refractivity contribution in [1.82, 2.24) is 0 Å². The number of nitrogens with zero attached hydrogens (tertiary/aromatic N) is 1. The monoisotopic (exact) mass is 671 g/mol. The molecule has 0 saturated carbocycles. The number of Topliss-reactive ketones (excluding diaryl/α,β-unsaturated/α-hetero) is 1. The minimum atomic E-state index is -0.758. The number of halogens is 2. The van der Waals surface area contributed by atoms with Gasteiger partial charge in [0.15, 0.2) is 5.78 Å². The SMILES string of the molecule is CN1c2ccccc2C2(C=C(c3ccc(Br)cc3)C=C(c3ccccc3)C2C(=O)c2ccc(Br)cc2)c2ccccc21. The maximum Gasteiger partial charge on any atom is 0.171 e. The maximum absolute atomic E-state index is 15.1. The lowest BCUT2D eigenvalue weighted by atomic mass is 9.55. The molecule has 4 heteroatoms. The van der Waals surface area contributed by atoms with Gasteiger partial charge in [-0.05, 0) is 69.8 Å². The fraction of sp³-hybridized carbons (Fsp3) is 0.0789. The highest BCUT2D eigenvalue weighted by Gasteiger charge is 2.52. The van der Waals surface area contributed by atoms with Crippen LogP contribution in [-0.2, 0) is 5.41 Å². The Morgan fingerprint density at radius 3 is 1.76 bits per heavy atom. The molecule has 0 amide bonds. The summed E-state index contributed by atoms with van der Waals surface area (Å²) in [5.74, 6) is -0.408. The molecule has 0 saturated heterocycles. The van der Waals surface area contributed by atoms with E-state index in [1.165, 1.54) is 0 Å². The van der Waals surface area contributed by atoms with Gasteiger partial charge in [-0.15, -0.1) is 0 Å². The highest BCUT2D eigenvalue weighted by molar-refractivity contribution is 9.10. The minimum Gasteiger partial charge on any atom is -0.344 e. The second-order valence-electron chi connectivity index (χ2n) is 10.8. The lowest BCUT2D eigenvalue weighted by Gasteiger charge is -2.49. The van der Waals surface area contributed by atoms with Crippen LogP contribution in [0.1, 0.15) is 32.6 Å². The molecule has 0 fully saturated rings. The topological polar surface area (TPSA) is 20.3 Å². The summed E-state index contributed by atoms with van der Waals surface area (Å²) in [6.45, 7) is 0. The summed E-state index contributed by atoms with van der Waals surface area (Å²) in [6.07, 6.45) is 4.59. The van der Waals surface area contributed by atoms with Crippen molar-refractivity contribution in [2.75, 3.05) is 11.9 Å². The van der Waals surface area contributed by atoms with Crippen molar-refractivity contribution in [3.63, 3.8) is 0 Å². The molecule has 5 aromatic carbocycles. The Balaban J connectivity index is 1.61. The molecule has 204 valence electrons. The van der Waals surface area contributed by atoms with Crippen LogP contribution >= 0.6 is 31.9 Å². The largest absolute Gasteiger partial charge is 0.344 e. The van der Waals surface area contributed by atoms with Gasteiger partial charge < -0.3 is 4.90 Å². The van der Waals surface area contributed by atoms with E-state index in [1.807, 2.05) is 30.3 Å². The molecule has 1 atom stereocenters. The van der Waals surface area contributed by atoms with Crippen molar-refractivity contribution in [2.45, 2.75) is 5.41 Å². The van der Waals surface area contributed by atoms with Crippen molar-refractivity contribution in [3.05, 3.63) is 176 Å². The average molecular weight is 673 g/mol. The number of hydrogen-bond donors (Lipinski definition) is 0. The van der Waals surface area contributed by atoms with Gasteiger partial charge in [-0.25, -0.2) is 0 Å². The second kappa shape index (κ2) is 10.7. The molecule has 7 rings (SSSR count). The zero-order chi connectivity index (χ0) is 28.8. The number of rotatable bonds is 4. The number of fused-ring (bicyclic) bond motifs is 4. The first-order chi connectivity index (χ1) is 20.5. The number of para-hydroxylation sites is 2. The Labute approximate surface area is 263 Å². The van der Waals surface area contributed by atoms with Crippen molar-refractivity contribution in [2.24, 2.45) is 5.92 Å². The first kappa shape index (κ1) is 26.9. The summed E-state index contributed by atoms with van der Waals surface area (Å²) in [4.78, 5) is 17.3. The lowest BCUT2D eigenvalue weighted by molar-refractivity contribution is 0.0924. The summed E-state index contributed by atoms with van der Waals surface area (Å²) < 4.78 is 1.98. The van der Waals surface area contributed by atoms with Crippen LogP contribution in [0.4, 0.5) is 11.4 Å². The molecule has 0 N–H and O–H groups in total. The van der Waals surface area contributed by atoms with Gasteiger partial charge in [0.25, 0.3) is 0 Å². The van der Waals surface area contributed by atoms with E-state index < -0.39 is 11.3 Å². The molecule has 1 spiro atoms. The predicted molar refractivity (Wildman–Crippen MR) is 180 cm³/mol. The molecule has 0 aromatic heterocycles. The molecule has 2 aliphatic rings. The average Bonchev–Trinajstić information content (AvgIpc) is 3.04. The van der Waals surface area contributed by atoms with Crippen LogP contribution < -0.4 is 4.90 Å². The Morgan fingerprint density at radius 1 is 0.643 bits per heavy atom. The zero-order valence-corrected chi connectivity index (χ0v) is 26.1. The van der Waals surface area contributed by atoms with Gasteiger partial charge in [-0.3, -0.25) is 4.79 Å². The number of carbonyl (C=O) groups excluding carboxylic acids is 1. The van der Waals surface area contributed by atoms with Crippen molar-refractivity contribution >= 4 is 60.2 Å². The molecule has 5 aromatic rings. The molecule has 1 unspecified atom stereocenters. The van der Waals surface area contributed by atoms with Gasteiger partial charge >= 0.3 is 0 Å². The molecule has 1 aliphatic carbocycles. The number of benzene rings is 5. The third-order valence-corrected chi connectivity index (χ3v) is 9.62. The van der Waals surface area contributed by atoms with Gasteiger partial charge in [-0.2, -0.15) is 0 Å². The van der Waals surface area contributed by atoms with E-state index in [2.05, 4.69) is 153 Å². The van der Waals surface area contributed by atoms with Gasteiger partial charge in [-0.1, -0.05) is 135 Å². The van der Waals surface area contributed by atoms with E-state index in [-0.39, 0.29) is 5.78 Å². The molecule has 1 aliphatic heterocycles. The van der Waals surface area contributed by atoms with E-state index in [1.54, 1.807) is 0 Å². The molecule has 0 radical (unpaired) electrons. The first-order valence-electron chi connectivity index (χ1n) is 14.0. The van der Waals surface area contributed by atoms with Gasteiger partial charge in [0.1, 0.15) is 0 Å². The Morgan fingerprint density at radius 2 is 1.17 bits per heavy atom. The van der Waals surface area contributed by atoms with Crippen molar-refractivity contribution in [3.8, 4) is 0 Å². The van der Waals surface area contributed by atoms with Gasteiger partial charge in [0.2, 0.25) is 0 Å². The molecule has 42 heavy (non-hydrogen) atoms. The van der Waals surface area contributed by atoms with Crippen LogP contribution in [0.25, 0.3) is 11.1 Å². The van der Waals surface area contributed by atoms with Crippen molar-refractivity contribution in [1.29, 1.82) is 0 Å². The molecule has 2 nitrogen and oxygen atoms in total. The molecular weight excluding hydrogens is 646 g/mol. The second-order valence-corrected chi connectivity index (χ2v) is 12.7. The summed E-state index contributed by atoms with van der Waals surface area (Å²) in [5, 5.41) is 0. The molecule has 1 heterocycles. The third-order valence-electron chi connectivity index (χ3n) is 8.56. The molecular formula is C38H27Br2NO. The highest BCUT2D eigenvalue weighted by atomic mass is 79.9. The van der Waals surface area contributed by atoms with Gasteiger partial charge in [0.05, 0.1) is 11.3 Å². The minimum absolute atomic E-state index is 0.0952. The van der Waals surface area contributed by atoms with Crippen LogP contribution in [0.3, 0.4) is 0 Å². The highest BCUT2D eigenvalue weighted by Crippen LogP contribution is 2.59. The van der Waals surface area contributed by atoms with E-state index in [0.29, 0.717) is 5.56 Å². The van der Waals surface area contributed by atoms with E-state index in [0.717, 1.165) is 53.7 Å². The maximum atomic E-state index is 15.1. The number of ketones is 1. The van der Waals surface area contributed by atoms with Crippen LogP contribution in [0.15, 0.2) is 148 Å². The summed E-state index contributed by atoms with van der Waals surface area (Å²) in [6, 6.07) is 43.7. The first-order valence-corrected chi connectivity index (χ1v) is 15.5. The Bertz CT molecular complexity index is 1820. The Hall–Kier alpha value is -3.99. The number of anilines is 2. The fourth-order valence-electron chi connectivity index (χ4n) is 6.66. The van der Waals surface area contributed by atoms with Crippen LogP contribution in [0.2, 0.25) is 0 Å². The summed E-state index contributed by atoms with van der Waals surface area (Å²) >= 11 is 7.16. The zero-order valence-electron chi connectivity index (χ0n) is 23.0. The normalized spacial score (nSPS) is 16.7. The number of carbonyl (C=O) groups is 1. The standard InChI is InChI=1S/C38H27Br2NO/c1-41-34-13-7-5-11-32(34)38(33-12-6-8-14-35(33)41)24-28(25-15-19-29(39)20-16-25)23-31(26-9-3-2-4-10-26)36(38)37(42)27-17-21-30(40)22-18-27/h2-24,36H,1H3. The number of hydrogen-bond acceptors (Lipinski definition) is 2. The smallest absolute Gasteiger partial charge is 0.171 e. The van der Waals surface area contributed by atoms with Crippen LogP contribution in [0.5, 0.6) is 0 Å². The fourth-order valence-corrected chi connectivity index (χ4v) is 7.19. The summed E-state index contributed by atoms with van der Waals surface area (Å²) in [5.41, 5.74) is 8.64. The number of allylic oxidation sites excluding steroid dienone is 4. The van der Waals surface area contributed by atoms with Gasteiger partial charge in [0, 0.05) is 32.9 Å². The summed E-state index contributed by atoms with van der Waals surface area (Å²) in [7, 11) is 2.12. The Kier molecular flexibility index (Phi) is 6.84. The van der Waals surface area contributed by atoms with Crippen LogP contribution in [0, 0.1) is 5.92 Å². The third kappa shape index (κ3) is 4.33. The van der Waals surface area contributed by atoms with E-state index in [9.17, 15) is 0 Å².